The zero-order chi connectivity index (χ0) is 13.2. The van der Waals surface area contributed by atoms with E-state index in [1.54, 1.807) is 6.20 Å². The summed E-state index contributed by atoms with van der Waals surface area (Å²) in [4.78, 5) is 14.8. The minimum Gasteiger partial charge on any atom is -0.385 e. The summed E-state index contributed by atoms with van der Waals surface area (Å²) in [6.45, 7) is 0.679. The smallest absolute Gasteiger partial charge is 0.343 e. The van der Waals surface area contributed by atoms with Crippen molar-refractivity contribution in [3.63, 3.8) is 0 Å². The predicted octanol–water partition coefficient (Wildman–Crippen LogP) is 1.05. The summed E-state index contributed by atoms with van der Waals surface area (Å²) < 4.78 is 1.81. The highest BCUT2D eigenvalue weighted by Gasteiger charge is 2.26. The summed E-state index contributed by atoms with van der Waals surface area (Å²) in [5.41, 5.74) is 7.69. The first-order valence-corrected chi connectivity index (χ1v) is 5.93. The van der Waals surface area contributed by atoms with Crippen LogP contribution in [-0.4, -0.2) is 21.6 Å². The van der Waals surface area contributed by atoms with E-state index in [2.05, 4.69) is 15.4 Å². The van der Waals surface area contributed by atoms with E-state index < -0.39 is 6.03 Å². The van der Waals surface area contributed by atoms with Crippen LogP contribution in [-0.2, 0) is 6.54 Å². The maximum absolute atomic E-state index is 11.1. The van der Waals surface area contributed by atoms with Gasteiger partial charge in [-0.05, 0) is 5.56 Å². The van der Waals surface area contributed by atoms with Crippen molar-refractivity contribution in [2.75, 3.05) is 0 Å². The summed E-state index contributed by atoms with van der Waals surface area (Å²) in [6, 6.07) is 9.26. The Balaban J connectivity index is 1.77. The normalized spacial score (nSPS) is 18.2. The number of rotatable bonds is 3. The second-order valence-corrected chi connectivity index (χ2v) is 4.38. The largest absolute Gasteiger partial charge is 0.385 e. The molecule has 2 amide bonds. The molecule has 19 heavy (non-hydrogen) atoms. The average Bonchev–Trinajstić information content (AvgIpc) is 2.97. The summed E-state index contributed by atoms with van der Waals surface area (Å²) in [7, 11) is 0. The first kappa shape index (κ1) is 11.5. The number of urea groups is 1. The zero-order valence-corrected chi connectivity index (χ0v) is 10.2. The highest BCUT2D eigenvalue weighted by molar-refractivity contribution is 6.03. The van der Waals surface area contributed by atoms with Crippen LogP contribution in [0.1, 0.15) is 17.2 Å². The third kappa shape index (κ3) is 2.33. The highest BCUT2D eigenvalue weighted by Crippen LogP contribution is 2.16. The van der Waals surface area contributed by atoms with Crippen molar-refractivity contribution in [3.8, 4) is 0 Å². The second kappa shape index (κ2) is 4.56. The molecule has 0 saturated carbocycles. The molecule has 6 heteroatoms. The number of hydrogen-bond donors (Lipinski definition) is 2. The number of nitrogens with zero attached hydrogens (tertiary/aromatic N) is 3. The van der Waals surface area contributed by atoms with Crippen LogP contribution in [0, 0.1) is 0 Å². The molecule has 0 saturated heterocycles. The number of nitrogens with two attached hydrogens (primary N) is 1. The Morgan fingerprint density at radius 1 is 1.32 bits per heavy atom. The van der Waals surface area contributed by atoms with Crippen LogP contribution in [0.4, 0.5) is 4.79 Å². The highest BCUT2D eigenvalue weighted by atomic mass is 16.2. The molecule has 1 aromatic heterocycles. The Morgan fingerprint density at radius 3 is 2.79 bits per heavy atom. The third-order valence-corrected chi connectivity index (χ3v) is 2.97. The van der Waals surface area contributed by atoms with E-state index in [1.807, 2.05) is 41.2 Å². The number of amides is 2. The molecule has 0 radical (unpaired) electrons. The van der Waals surface area contributed by atoms with E-state index in [-0.39, 0.29) is 11.9 Å². The Kier molecular flexibility index (Phi) is 2.75. The summed E-state index contributed by atoms with van der Waals surface area (Å²) in [5, 5.41) is 6.95. The fourth-order valence-electron chi connectivity index (χ4n) is 2.05. The number of carbonyl (C=O) groups is 1. The van der Waals surface area contributed by atoms with Gasteiger partial charge < -0.3 is 11.1 Å². The minimum atomic E-state index is -0.404. The van der Waals surface area contributed by atoms with E-state index in [9.17, 15) is 4.79 Å². The van der Waals surface area contributed by atoms with Crippen LogP contribution in [0.15, 0.2) is 47.7 Å². The molecule has 2 heterocycles. The lowest BCUT2D eigenvalue weighted by molar-refractivity contribution is 0.250. The topological polar surface area (TPSA) is 85.3 Å². The van der Waals surface area contributed by atoms with Gasteiger partial charge in [-0.1, -0.05) is 30.3 Å². The minimum absolute atomic E-state index is 0.282. The van der Waals surface area contributed by atoms with E-state index in [4.69, 9.17) is 5.73 Å². The molecule has 1 unspecified atom stereocenters. The van der Waals surface area contributed by atoms with Gasteiger partial charge in [0.2, 0.25) is 0 Å². The van der Waals surface area contributed by atoms with E-state index in [0.717, 1.165) is 11.1 Å². The van der Waals surface area contributed by atoms with Crippen molar-refractivity contribution in [2.24, 2.45) is 10.7 Å². The Labute approximate surface area is 109 Å². The van der Waals surface area contributed by atoms with Gasteiger partial charge >= 0.3 is 6.03 Å². The Bertz CT molecular complexity index is 631. The number of benzene rings is 1. The fraction of sp³-hybridized carbons (Fsp3) is 0.154. The Hall–Kier alpha value is -2.63. The maximum atomic E-state index is 11.1. The number of carbonyl (C=O) groups excluding carboxylic acids is 1. The molecule has 0 aliphatic carbocycles. The van der Waals surface area contributed by atoms with Gasteiger partial charge in [-0.15, -0.1) is 0 Å². The molecule has 0 spiro atoms. The van der Waals surface area contributed by atoms with Crippen LogP contribution < -0.4 is 11.1 Å². The van der Waals surface area contributed by atoms with E-state index in [1.165, 1.54) is 0 Å². The maximum Gasteiger partial charge on any atom is 0.343 e. The van der Waals surface area contributed by atoms with Gasteiger partial charge in [0, 0.05) is 11.8 Å². The van der Waals surface area contributed by atoms with Gasteiger partial charge in [-0.2, -0.15) is 10.1 Å². The summed E-state index contributed by atoms with van der Waals surface area (Å²) >= 11 is 0. The van der Waals surface area contributed by atoms with Gasteiger partial charge in [0.1, 0.15) is 11.9 Å². The van der Waals surface area contributed by atoms with Gasteiger partial charge in [0.05, 0.1) is 12.7 Å². The molecule has 0 fully saturated rings. The predicted molar refractivity (Wildman–Crippen MR) is 70.7 cm³/mol. The van der Waals surface area contributed by atoms with Crippen LogP contribution in [0.3, 0.4) is 0 Å². The van der Waals surface area contributed by atoms with E-state index in [0.29, 0.717) is 6.54 Å². The van der Waals surface area contributed by atoms with Crippen molar-refractivity contribution < 1.29 is 4.79 Å². The molecule has 3 N–H and O–H groups in total. The summed E-state index contributed by atoms with van der Waals surface area (Å²) in [6.07, 6.45) is 3.56. The van der Waals surface area contributed by atoms with Crippen molar-refractivity contribution >= 4 is 11.9 Å². The average molecular weight is 255 g/mol. The molecule has 1 aromatic carbocycles. The number of amidine groups is 1. The second-order valence-electron chi connectivity index (χ2n) is 4.38. The molecular weight excluding hydrogens is 242 g/mol. The third-order valence-electron chi connectivity index (χ3n) is 2.97. The lowest BCUT2D eigenvalue weighted by Gasteiger charge is -2.06. The quantitative estimate of drug-likeness (QED) is 0.859. The Morgan fingerprint density at radius 2 is 2.11 bits per heavy atom. The molecule has 2 aromatic rings. The lowest BCUT2D eigenvalue weighted by atomic mass is 10.1. The van der Waals surface area contributed by atoms with Crippen LogP contribution >= 0.6 is 0 Å². The van der Waals surface area contributed by atoms with Crippen LogP contribution in [0.25, 0.3) is 0 Å². The van der Waals surface area contributed by atoms with Gasteiger partial charge in [0.15, 0.2) is 0 Å². The first-order valence-electron chi connectivity index (χ1n) is 5.93. The number of aromatic nitrogens is 2. The molecule has 1 aliphatic rings. The van der Waals surface area contributed by atoms with Crippen molar-refractivity contribution in [1.82, 2.24) is 15.1 Å². The lowest BCUT2D eigenvalue weighted by Crippen LogP contribution is -2.27. The van der Waals surface area contributed by atoms with Gasteiger partial charge in [-0.3, -0.25) is 4.68 Å². The van der Waals surface area contributed by atoms with Crippen LogP contribution in [0.5, 0.6) is 0 Å². The van der Waals surface area contributed by atoms with Gasteiger partial charge in [-0.25, -0.2) is 4.79 Å². The van der Waals surface area contributed by atoms with Crippen LogP contribution in [0.2, 0.25) is 0 Å². The van der Waals surface area contributed by atoms with E-state index >= 15 is 0 Å². The summed E-state index contributed by atoms with van der Waals surface area (Å²) in [5.74, 6) is 0.282. The molecule has 6 nitrogen and oxygen atoms in total. The van der Waals surface area contributed by atoms with Crippen molar-refractivity contribution in [1.29, 1.82) is 0 Å². The molecular formula is C13H13N5O. The monoisotopic (exact) mass is 255 g/mol. The SMILES string of the molecule is NC1=NC(=O)NC1c1cnn(Cc2ccccc2)c1. The van der Waals surface area contributed by atoms with Crippen molar-refractivity contribution in [2.45, 2.75) is 12.6 Å². The molecule has 96 valence electrons. The molecule has 1 aliphatic heterocycles. The molecule has 0 bridgehead atoms. The number of nitrogens with one attached hydrogen (secondary N) is 1. The van der Waals surface area contributed by atoms with Gasteiger partial charge in [0.25, 0.3) is 0 Å². The standard InChI is InChI=1S/C13H13N5O/c14-12-11(16-13(19)17-12)10-6-15-18(8-10)7-9-4-2-1-3-5-9/h1-6,8,11H,7H2,(H3,14,16,17,19). The van der Waals surface area contributed by atoms with Crippen molar-refractivity contribution in [3.05, 3.63) is 53.9 Å². The first-order chi connectivity index (χ1) is 9.22. The number of aliphatic imine (C=N–C) groups is 1. The fourth-order valence-corrected chi connectivity index (χ4v) is 2.05. The molecule has 3 rings (SSSR count). The molecule has 1 atom stereocenters. The zero-order valence-electron chi connectivity index (χ0n) is 10.2. The number of hydrogen-bond acceptors (Lipinski definition) is 3.